The van der Waals surface area contributed by atoms with E-state index in [0.717, 1.165) is 12.1 Å². The highest BCUT2D eigenvalue weighted by Gasteiger charge is 2.20. The number of carboxylic acid groups (broad SMARTS) is 1. The number of hydrogen-bond acceptors (Lipinski definition) is 3. The number of benzene rings is 1. The number of halogens is 2. The average Bonchev–Trinajstić information content (AvgIpc) is 2.21. The van der Waals surface area contributed by atoms with Gasteiger partial charge in [0.15, 0.2) is 0 Å². The van der Waals surface area contributed by atoms with Gasteiger partial charge in [0.2, 0.25) is 0 Å². The van der Waals surface area contributed by atoms with Gasteiger partial charge in [0, 0.05) is 19.2 Å². The van der Waals surface area contributed by atoms with Crippen LogP contribution in [0.4, 0.5) is 8.78 Å². The van der Waals surface area contributed by atoms with Crippen LogP contribution in [-0.2, 0) is 4.79 Å². The Bertz CT molecular complexity index is 404. The SMILES string of the molecule is CN(C)CCNC(C(=O)O)c1cc(F)cc(F)c1. The third kappa shape index (κ3) is 4.38. The zero-order chi connectivity index (χ0) is 13.7. The van der Waals surface area contributed by atoms with Gasteiger partial charge in [-0.1, -0.05) is 0 Å². The van der Waals surface area contributed by atoms with Crippen molar-refractivity contribution in [1.29, 1.82) is 0 Å². The summed E-state index contributed by atoms with van der Waals surface area (Å²) in [6.45, 7) is 1.03. The van der Waals surface area contributed by atoms with Crippen LogP contribution in [0.2, 0.25) is 0 Å². The van der Waals surface area contributed by atoms with Crippen molar-refractivity contribution in [2.75, 3.05) is 27.2 Å². The zero-order valence-electron chi connectivity index (χ0n) is 10.3. The van der Waals surface area contributed by atoms with Crippen molar-refractivity contribution < 1.29 is 18.7 Å². The Morgan fingerprint density at radius 1 is 1.33 bits per heavy atom. The van der Waals surface area contributed by atoms with Crippen LogP contribution in [0, 0.1) is 11.6 Å². The molecule has 0 fully saturated rings. The molecule has 0 aliphatic carbocycles. The van der Waals surface area contributed by atoms with Gasteiger partial charge >= 0.3 is 5.97 Å². The summed E-state index contributed by atoms with van der Waals surface area (Å²) in [7, 11) is 3.69. The van der Waals surface area contributed by atoms with Crippen molar-refractivity contribution >= 4 is 5.97 Å². The minimum absolute atomic E-state index is 0.0683. The monoisotopic (exact) mass is 258 g/mol. The van der Waals surface area contributed by atoms with Crippen LogP contribution in [0.5, 0.6) is 0 Å². The van der Waals surface area contributed by atoms with Gasteiger partial charge in [-0.3, -0.25) is 10.1 Å². The predicted molar refractivity (Wildman–Crippen MR) is 63.3 cm³/mol. The molecular formula is C12H16F2N2O2. The van der Waals surface area contributed by atoms with E-state index in [9.17, 15) is 13.6 Å². The van der Waals surface area contributed by atoms with E-state index in [4.69, 9.17) is 5.11 Å². The predicted octanol–water partition coefficient (Wildman–Crippen LogP) is 1.24. The third-order valence-corrected chi connectivity index (χ3v) is 2.37. The molecule has 0 spiro atoms. The molecule has 2 N–H and O–H groups in total. The molecule has 1 atom stereocenters. The average molecular weight is 258 g/mol. The number of aliphatic carboxylic acids is 1. The molecule has 0 aliphatic rings. The molecule has 4 nitrogen and oxygen atoms in total. The summed E-state index contributed by atoms with van der Waals surface area (Å²) in [6.07, 6.45) is 0. The van der Waals surface area contributed by atoms with E-state index in [1.807, 2.05) is 19.0 Å². The number of rotatable bonds is 6. The normalized spacial score (nSPS) is 12.7. The van der Waals surface area contributed by atoms with E-state index in [0.29, 0.717) is 19.2 Å². The minimum atomic E-state index is -1.17. The number of nitrogens with one attached hydrogen (secondary N) is 1. The molecule has 1 aromatic rings. The maximum Gasteiger partial charge on any atom is 0.325 e. The lowest BCUT2D eigenvalue weighted by molar-refractivity contribution is -0.139. The third-order valence-electron chi connectivity index (χ3n) is 2.37. The highest BCUT2D eigenvalue weighted by Crippen LogP contribution is 2.16. The lowest BCUT2D eigenvalue weighted by Gasteiger charge is -2.17. The first-order valence-corrected chi connectivity index (χ1v) is 5.47. The standard InChI is InChI=1S/C12H16F2N2O2/c1-16(2)4-3-15-11(12(17)18)8-5-9(13)7-10(14)6-8/h5-7,11,15H,3-4H2,1-2H3,(H,17,18). The first kappa shape index (κ1) is 14.5. The van der Waals surface area contributed by atoms with Crippen molar-refractivity contribution in [2.45, 2.75) is 6.04 Å². The molecule has 0 aliphatic heterocycles. The van der Waals surface area contributed by atoms with Gasteiger partial charge in [-0.25, -0.2) is 8.78 Å². The fraction of sp³-hybridized carbons (Fsp3) is 0.417. The minimum Gasteiger partial charge on any atom is -0.480 e. The van der Waals surface area contributed by atoms with Crippen LogP contribution in [-0.4, -0.2) is 43.2 Å². The number of likely N-dealkylation sites (N-methyl/N-ethyl adjacent to an activating group) is 1. The molecule has 0 saturated carbocycles. The molecular weight excluding hydrogens is 242 g/mol. The Balaban J connectivity index is 2.80. The molecule has 1 unspecified atom stereocenters. The Labute approximate surface area is 104 Å². The molecule has 100 valence electrons. The van der Waals surface area contributed by atoms with Crippen molar-refractivity contribution in [3.63, 3.8) is 0 Å². The second kappa shape index (κ2) is 6.42. The lowest BCUT2D eigenvalue weighted by Crippen LogP contribution is -2.34. The van der Waals surface area contributed by atoms with Gasteiger partial charge < -0.3 is 10.0 Å². The highest BCUT2D eigenvalue weighted by atomic mass is 19.1. The fourth-order valence-electron chi connectivity index (χ4n) is 1.52. The van der Waals surface area contributed by atoms with Gasteiger partial charge in [-0.2, -0.15) is 0 Å². The molecule has 0 heterocycles. The van der Waals surface area contributed by atoms with Gasteiger partial charge in [0.25, 0.3) is 0 Å². The highest BCUT2D eigenvalue weighted by molar-refractivity contribution is 5.75. The maximum absolute atomic E-state index is 13.0. The van der Waals surface area contributed by atoms with Gasteiger partial charge in [0.05, 0.1) is 0 Å². The Kier molecular flexibility index (Phi) is 5.18. The van der Waals surface area contributed by atoms with Crippen LogP contribution in [0.15, 0.2) is 18.2 Å². The lowest BCUT2D eigenvalue weighted by atomic mass is 10.1. The molecule has 6 heteroatoms. The largest absolute Gasteiger partial charge is 0.480 e. The summed E-state index contributed by atoms with van der Waals surface area (Å²) in [5.41, 5.74) is 0.0683. The van der Waals surface area contributed by atoms with Crippen LogP contribution in [0.25, 0.3) is 0 Å². The molecule has 0 bridgehead atoms. The van der Waals surface area contributed by atoms with Crippen LogP contribution in [0.3, 0.4) is 0 Å². The molecule has 1 aromatic carbocycles. The van der Waals surface area contributed by atoms with E-state index in [2.05, 4.69) is 5.32 Å². The number of hydrogen-bond donors (Lipinski definition) is 2. The van der Waals surface area contributed by atoms with E-state index in [-0.39, 0.29) is 5.56 Å². The molecule has 1 rings (SSSR count). The van der Waals surface area contributed by atoms with Gasteiger partial charge in [0.1, 0.15) is 17.7 Å². The van der Waals surface area contributed by atoms with Gasteiger partial charge in [-0.15, -0.1) is 0 Å². The van der Waals surface area contributed by atoms with Crippen LogP contribution >= 0.6 is 0 Å². The van der Waals surface area contributed by atoms with Crippen LogP contribution in [0.1, 0.15) is 11.6 Å². The summed E-state index contributed by atoms with van der Waals surface area (Å²) in [5, 5.41) is 11.8. The zero-order valence-corrected chi connectivity index (χ0v) is 10.3. The second-order valence-electron chi connectivity index (χ2n) is 4.23. The van der Waals surface area contributed by atoms with E-state index >= 15 is 0 Å². The summed E-state index contributed by atoms with van der Waals surface area (Å²) >= 11 is 0. The maximum atomic E-state index is 13.0. The quantitative estimate of drug-likeness (QED) is 0.806. The smallest absolute Gasteiger partial charge is 0.325 e. The molecule has 0 aromatic heterocycles. The van der Waals surface area contributed by atoms with E-state index in [1.165, 1.54) is 0 Å². The van der Waals surface area contributed by atoms with Crippen LogP contribution < -0.4 is 5.32 Å². The molecule has 0 radical (unpaired) electrons. The summed E-state index contributed by atoms with van der Waals surface area (Å²) < 4.78 is 26.1. The second-order valence-corrected chi connectivity index (χ2v) is 4.23. The van der Waals surface area contributed by atoms with E-state index < -0.39 is 23.6 Å². The molecule has 18 heavy (non-hydrogen) atoms. The van der Waals surface area contributed by atoms with Crippen molar-refractivity contribution in [1.82, 2.24) is 10.2 Å². The number of nitrogens with zero attached hydrogens (tertiary/aromatic N) is 1. The van der Waals surface area contributed by atoms with E-state index in [1.54, 1.807) is 0 Å². The number of carbonyl (C=O) groups is 1. The topological polar surface area (TPSA) is 52.6 Å². The van der Waals surface area contributed by atoms with Gasteiger partial charge in [-0.05, 0) is 31.8 Å². The Hall–Kier alpha value is -1.53. The summed E-state index contributed by atoms with van der Waals surface area (Å²) in [4.78, 5) is 13.0. The summed E-state index contributed by atoms with van der Waals surface area (Å²) in [6, 6.07) is 1.63. The first-order valence-electron chi connectivity index (χ1n) is 5.47. The molecule has 0 saturated heterocycles. The Morgan fingerprint density at radius 2 is 1.89 bits per heavy atom. The van der Waals surface area contributed by atoms with Crippen molar-refractivity contribution in [2.24, 2.45) is 0 Å². The first-order chi connectivity index (χ1) is 8.40. The van der Waals surface area contributed by atoms with Crippen molar-refractivity contribution in [3.05, 3.63) is 35.4 Å². The summed E-state index contributed by atoms with van der Waals surface area (Å²) in [5.74, 6) is -2.74. The molecule has 0 amide bonds. The number of carboxylic acids is 1. The van der Waals surface area contributed by atoms with Crippen molar-refractivity contribution in [3.8, 4) is 0 Å². The fourth-order valence-corrected chi connectivity index (χ4v) is 1.52. The Morgan fingerprint density at radius 3 is 2.33 bits per heavy atom.